The Morgan fingerprint density at radius 1 is 1.62 bits per heavy atom. The molecule has 2 heterocycles. The van der Waals surface area contributed by atoms with Crippen LogP contribution in [0.2, 0.25) is 0 Å². The smallest absolute Gasteiger partial charge is 0.230 e. The summed E-state index contributed by atoms with van der Waals surface area (Å²) < 4.78 is 27.5. The summed E-state index contributed by atoms with van der Waals surface area (Å²) >= 11 is 0. The Labute approximate surface area is 92.6 Å². The van der Waals surface area contributed by atoms with Crippen molar-refractivity contribution < 1.29 is 18.0 Å². The fraction of sp³-hybridized carbons (Fsp3) is 0.750. The Kier molecular flexibility index (Phi) is 2.96. The zero-order chi connectivity index (χ0) is 11.8. The van der Waals surface area contributed by atoms with Gasteiger partial charge >= 0.3 is 0 Å². The van der Waals surface area contributed by atoms with Crippen LogP contribution in [0.5, 0.6) is 0 Å². The average Bonchev–Trinajstić information content (AvgIpc) is 2.83. The van der Waals surface area contributed by atoms with Crippen LogP contribution in [0.1, 0.15) is 30.1 Å². The Hall–Kier alpha value is -0.990. The van der Waals surface area contributed by atoms with Crippen molar-refractivity contribution in [1.82, 2.24) is 10.1 Å². The molecular formula is C8H13N3O4S. The predicted octanol–water partition coefficient (Wildman–Crippen LogP) is -1.04. The van der Waals surface area contributed by atoms with Gasteiger partial charge in [0.1, 0.15) is 0 Å². The number of aromatic nitrogens is 2. The number of sulfone groups is 1. The molecule has 1 aromatic rings. The molecule has 3 N–H and O–H groups in total. The number of hydrogen-bond acceptors (Lipinski definition) is 7. The van der Waals surface area contributed by atoms with E-state index in [0.717, 1.165) is 0 Å². The summed E-state index contributed by atoms with van der Waals surface area (Å²) in [4.78, 5) is 4.00. The highest BCUT2D eigenvalue weighted by Gasteiger charge is 2.33. The lowest BCUT2D eigenvalue weighted by Gasteiger charge is -2.00. The first kappa shape index (κ1) is 11.5. The molecule has 0 bridgehead atoms. The van der Waals surface area contributed by atoms with Crippen LogP contribution in [0.3, 0.4) is 0 Å². The van der Waals surface area contributed by atoms with Gasteiger partial charge in [-0.25, -0.2) is 8.42 Å². The van der Waals surface area contributed by atoms with Crippen molar-refractivity contribution in [2.24, 2.45) is 5.73 Å². The molecule has 1 aromatic heterocycles. The zero-order valence-electron chi connectivity index (χ0n) is 8.54. The van der Waals surface area contributed by atoms with Crippen molar-refractivity contribution in [3.8, 4) is 0 Å². The highest BCUT2D eigenvalue weighted by Crippen LogP contribution is 2.27. The molecule has 0 amide bonds. The normalized spacial score (nSPS) is 25.8. The third-order valence-corrected chi connectivity index (χ3v) is 4.34. The lowest BCUT2D eigenvalue weighted by Crippen LogP contribution is -2.16. The molecule has 1 aliphatic heterocycles. The summed E-state index contributed by atoms with van der Waals surface area (Å²) in [6, 6.07) is -0.685. The molecular weight excluding hydrogens is 234 g/mol. The molecule has 0 aliphatic carbocycles. The maximum atomic E-state index is 11.3. The third kappa shape index (κ3) is 2.23. The van der Waals surface area contributed by atoms with Gasteiger partial charge in [0.05, 0.1) is 30.1 Å². The lowest BCUT2D eigenvalue weighted by molar-refractivity contribution is 0.259. The molecule has 1 fully saturated rings. The van der Waals surface area contributed by atoms with Gasteiger partial charge in [-0.05, 0) is 6.42 Å². The van der Waals surface area contributed by atoms with Gasteiger partial charge in [-0.2, -0.15) is 4.98 Å². The van der Waals surface area contributed by atoms with Crippen molar-refractivity contribution in [2.75, 3.05) is 18.1 Å². The summed E-state index contributed by atoms with van der Waals surface area (Å²) in [5.41, 5.74) is 5.51. The van der Waals surface area contributed by atoms with E-state index in [2.05, 4.69) is 10.1 Å². The van der Waals surface area contributed by atoms with Crippen LogP contribution in [0.4, 0.5) is 0 Å². The van der Waals surface area contributed by atoms with Crippen molar-refractivity contribution in [3.05, 3.63) is 11.7 Å². The molecule has 0 aromatic carbocycles. The largest absolute Gasteiger partial charge is 0.394 e. The first-order chi connectivity index (χ1) is 7.52. The van der Waals surface area contributed by atoms with E-state index in [0.29, 0.717) is 12.3 Å². The Bertz CT molecular complexity index is 469. The first-order valence-electron chi connectivity index (χ1n) is 4.92. The number of aliphatic hydroxyl groups is 1. The van der Waals surface area contributed by atoms with Crippen molar-refractivity contribution >= 4 is 9.84 Å². The average molecular weight is 247 g/mol. The predicted molar refractivity (Wildman–Crippen MR) is 54.3 cm³/mol. The van der Waals surface area contributed by atoms with Gasteiger partial charge in [-0.15, -0.1) is 0 Å². The van der Waals surface area contributed by atoms with E-state index in [9.17, 15) is 8.42 Å². The number of aliphatic hydroxyl groups excluding tert-OH is 1. The number of nitrogens with zero attached hydrogens (tertiary/aromatic N) is 2. The minimum Gasteiger partial charge on any atom is -0.394 e. The van der Waals surface area contributed by atoms with Crippen LogP contribution in [-0.2, 0) is 9.84 Å². The van der Waals surface area contributed by atoms with E-state index in [1.807, 2.05) is 0 Å². The quantitative estimate of drug-likeness (QED) is 0.700. The van der Waals surface area contributed by atoms with Gasteiger partial charge < -0.3 is 15.4 Å². The van der Waals surface area contributed by atoms with Crippen molar-refractivity contribution in [1.29, 1.82) is 0 Å². The van der Waals surface area contributed by atoms with E-state index in [4.69, 9.17) is 15.4 Å². The summed E-state index contributed by atoms with van der Waals surface area (Å²) in [5, 5.41) is 12.4. The summed E-state index contributed by atoms with van der Waals surface area (Å²) in [6.45, 7) is -0.276. The second kappa shape index (κ2) is 4.11. The minimum atomic E-state index is -2.97. The molecule has 90 valence electrons. The van der Waals surface area contributed by atoms with Crippen LogP contribution in [0.25, 0.3) is 0 Å². The molecule has 0 spiro atoms. The van der Waals surface area contributed by atoms with Gasteiger partial charge in [0.25, 0.3) is 0 Å². The number of hydrogen-bond donors (Lipinski definition) is 2. The molecule has 1 saturated heterocycles. The second-order valence-electron chi connectivity index (χ2n) is 3.88. The van der Waals surface area contributed by atoms with Crippen LogP contribution in [0, 0.1) is 0 Å². The van der Waals surface area contributed by atoms with Gasteiger partial charge in [0.2, 0.25) is 5.89 Å². The second-order valence-corrected chi connectivity index (χ2v) is 6.11. The monoisotopic (exact) mass is 247 g/mol. The topological polar surface area (TPSA) is 119 Å². The molecule has 0 saturated carbocycles. The van der Waals surface area contributed by atoms with E-state index in [1.54, 1.807) is 0 Å². The maximum Gasteiger partial charge on any atom is 0.230 e. The van der Waals surface area contributed by atoms with Crippen LogP contribution in [-0.4, -0.2) is 41.8 Å². The van der Waals surface area contributed by atoms with Crippen molar-refractivity contribution in [3.63, 3.8) is 0 Å². The summed E-state index contributed by atoms with van der Waals surface area (Å²) in [6.07, 6.45) is 0.498. The summed E-state index contributed by atoms with van der Waals surface area (Å²) in [7, 11) is -2.97. The van der Waals surface area contributed by atoms with E-state index in [1.165, 1.54) is 0 Å². The van der Waals surface area contributed by atoms with Gasteiger partial charge in [-0.1, -0.05) is 5.16 Å². The fourth-order valence-corrected chi connectivity index (χ4v) is 3.37. The number of nitrogens with two attached hydrogens (primary N) is 1. The molecule has 2 atom stereocenters. The highest BCUT2D eigenvalue weighted by molar-refractivity contribution is 7.91. The van der Waals surface area contributed by atoms with Crippen LogP contribution < -0.4 is 5.73 Å². The molecule has 0 radical (unpaired) electrons. The molecule has 1 aliphatic rings. The Morgan fingerprint density at radius 3 is 2.94 bits per heavy atom. The highest BCUT2D eigenvalue weighted by atomic mass is 32.2. The lowest BCUT2D eigenvalue weighted by atomic mass is 10.1. The van der Waals surface area contributed by atoms with E-state index in [-0.39, 0.29) is 29.9 Å². The number of rotatable bonds is 3. The zero-order valence-corrected chi connectivity index (χ0v) is 9.35. The first-order valence-corrected chi connectivity index (χ1v) is 6.74. The van der Waals surface area contributed by atoms with Gasteiger partial charge in [0.15, 0.2) is 15.7 Å². The van der Waals surface area contributed by atoms with Gasteiger partial charge in [-0.3, -0.25) is 0 Å². The van der Waals surface area contributed by atoms with E-state index >= 15 is 0 Å². The Morgan fingerprint density at radius 2 is 2.38 bits per heavy atom. The minimum absolute atomic E-state index is 0.0446. The molecule has 7 nitrogen and oxygen atoms in total. The fourth-order valence-electron chi connectivity index (χ4n) is 1.64. The molecule has 16 heavy (non-hydrogen) atoms. The third-order valence-electron chi connectivity index (χ3n) is 2.57. The molecule has 8 heteroatoms. The van der Waals surface area contributed by atoms with Crippen molar-refractivity contribution in [2.45, 2.75) is 18.4 Å². The van der Waals surface area contributed by atoms with Gasteiger partial charge in [0, 0.05) is 0 Å². The van der Waals surface area contributed by atoms with E-state index < -0.39 is 15.9 Å². The standard InChI is InChI=1S/C8H13N3O4S/c9-6(3-12)7-10-8(15-11-7)5-1-2-16(13,14)4-5/h5-6,12H,1-4,9H2. The van der Waals surface area contributed by atoms with Crippen LogP contribution in [0.15, 0.2) is 4.52 Å². The molecule has 2 unspecified atom stereocenters. The SMILES string of the molecule is NC(CO)c1noc(C2CCS(=O)(=O)C2)n1. The van der Waals surface area contributed by atoms with Crippen LogP contribution >= 0.6 is 0 Å². The molecule has 2 rings (SSSR count). The Balaban J connectivity index is 2.14. The summed E-state index contributed by atoms with van der Waals surface area (Å²) in [5.74, 6) is 0.462. The maximum absolute atomic E-state index is 11.3.